The molecule has 1 atom stereocenters. The standard InChI is InChI=1S/C28H44N8O4S/c1-7-21-25(30-17-23(27(37)40-28(2,3)4)34-41(38,39)35(5)6)31-18-32-26(21)36-15-12-19(13-16-36)22-11-10-20-9-8-14-29-24(20)33-22/h10-11,18-19,23,34H,7-9,12-17H2,1-6H3,(H,29,33)(H,30,31,32). The molecule has 0 spiro atoms. The van der Waals surface area contributed by atoms with E-state index >= 15 is 0 Å². The van der Waals surface area contributed by atoms with Crippen LogP contribution in [0.15, 0.2) is 18.5 Å². The van der Waals surface area contributed by atoms with E-state index in [9.17, 15) is 13.2 Å². The van der Waals surface area contributed by atoms with Gasteiger partial charge in [-0.25, -0.2) is 15.0 Å². The molecule has 1 unspecified atom stereocenters. The Morgan fingerprint density at radius 2 is 1.95 bits per heavy atom. The lowest BCUT2D eigenvalue weighted by Gasteiger charge is -2.34. The van der Waals surface area contributed by atoms with Gasteiger partial charge in [-0.1, -0.05) is 13.0 Å². The van der Waals surface area contributed by atoms with Gasteiger partial charge in [0.05, 0.1) is 0 Å². The first-order valence-corrected chi connectivity index (χ1v) is 15.8. The molecule has 3 N–H and O–H groups in total. The van der Waals surface area contributed by atoms with E-state index in [1.807, 2.05) is 6.92 Å². The molecule has 12 nitrogen and oxygen atoms in total. The van der Waals surface area contributed by atoms with Crippen molar-refractivity contribution in [2.24, 2.45) is 0 Å². The Morgan fingerprint density at radius 3 is 2.61 bits per heavy atom. The molecule has 2 aliphatic rings. The van der Waals surface area contributed by atoms with Crippen molar-refractivity contribution in [3.8, 4) is 0 Å². The minimum Gasteiger partial charge on any atom is -0.459 e. The van der Waals surface area contributed by atoms with Gasteiger partial charge in [0.2, 0.25) is 0 Å². The van der Waals surface area contributed by atoms with E-state index in [0.717, 1.165) is 72.5 Å². The quantitative estimate of drug-likeness (QED) is 0.355. The third kappa shape index (κ3) is 7.83. The average molecular weight is 589 g/mol. The maximum absolute atomic E-state index is 12.9. The summed E-state index contributed by atoms with van der Waals surface area (Å²) in [6, 6.07) is 3.25. The molecule has 41 heavy (non-hydrogen) atoms. The molecular weight excluding hydrogens is 544 g/mol. The summed E-state index contributed by atoms with van der Waals surface area (Å²) in [5.41, 5.74) is 2.59. The molecule has 1 fully saturated rings. The van der Waals surface area contributed by atoms with Gasteiger partial charge in [-0.3, -0.25) is 4.79 Å². The van der Waals surface area contributed by atoms with Crippen molar-refractivity contribution in [3.05, 3.63) is 35.3 Å². The van der Waals surface area contributed by atoms with Crippen LogP contribution in [0.3, 0.4) is 0 Å². The number of aromatic nitrogens is 3. The van der Waals surface area contributed by atoms with E-state index in [1.54, 1.807) is 20.8 Å². The number of ether oxygens (including phenoxy) is 1. The van der Waals surface area contributed by atoms with Gasteiger partial charge in [-0.15, -0.1) is 0 Å². The lowest BCUT2D eigenvalue weighted by Crippen LogP contribution is -2.51. The van der Waals surface area contributed by atoms with Gasteiger partial charge in [0, 0.05) is 57.4 Å². The second-order valence-corrected chi connectivity index (χ2v) is 13.7. The van der Waals surface area contributed by atoms with Gasteiger partial charge in [0.1, 0.15) is 35.4 Å². The van der Waals surface area contributed by atoms with E-state index < -0.39 is 27.8 Å². The number of fused-ring (bicyclic) bond motifs is 1. The van der Waals surface area contributed by atoms with E-state index in [2.05, 4.69) is 42.4 Å². The van der Waals surface area contributed by atoms with Crippen molar-refractivity contribution >= 4 is 33.6 Å². The van der Waals surface area contributed by atoms with Crippen molar-refractivity contribution in [1.29, 1.82) is 0 Å². The Kier molecular flexibility index (Phi) is 9.70. The highest BCUT2D eigenvalue weighted by Gasteiger charge is 2.31. The number of esters is 1. The molecule has 0 saturated carbocycles. The lowest BCUT2D eigenvalue weighted by atomic mass is 9.92. The van der Waals surface area contributed by atoms with Gasteiger partial charge in [-0.2, -0.15) is 17.4 Å². The van der Waals surface area contributed by atoms with Crippen LogP contribution in [0.1, 0.15) is 69.7 Å². The third-order valence-electron chi connectivity index (χ3n) is 7.34. The van der Waals surface area contributed by atoms with Gasteiger partial charge in [0.25, 0.3) is 10.2 Å². The Bertz CT molecular complexity index is 1320. The molecular formula is C28H44N8O4S. The number of rotatable bonds is 10. The van der Waals surface area contributed by atoms with Crippen LogP contribution in [0.5, 0.6) is 0 Å². The zero-order chi connectivity index (χ0) is 29.8. The van der Waals surface area contributed by atoms with Crippen molar-refractivity contribution in [3.63, 3.8) is 0 Å². The van der Waals surface area contributed by atoms with Crippen molar-refractivity contribution < 1.29 is 17.9 Å². The number of hydrogen-bond acceptors (Lipinski definition) is 10. The number of nitrogens with one attached hydrogen (secondary N) is 3. The SMILES string of the molecule is CCc1c(NCC(NS(=O)(=O)N(C)C)C(=O)OC(C)(C)C)ncnc1N1CCC(c2ccc3c(n2)NCCC3)CC1. The molecule has 226 valence electrons. The molecule has 0 radical (unpaired) electrons. The van der Waals surface area contributed by atoms with Crippen molar-refractivity contribution in [1.82, 2.24) is 24.0 Å². The minimum atomic E-state index is -3.88. The summed E-state index contributed by atoms with van der Waals surface area (Å²) in [6.45, 7) is 9.87. The zero-order valence-electron chi connectivity index (χ0n) is 25.0. The fraction of sp³-hybridized carbons (Fsp3) is 0.643. The number of pyridine rings is 1. The van der Waals surface area contributed by atoms with E-state index in [1.165, 1.54) is 26.0 Å². The van der Waals surface area contributed by atoms with Gasteiger partial charge in [0.15, 0.2) is 0 Å². The first-order chi connectivity index (χ1) is 19.4. The molecule has 0 aromatic carbocycles. The normalized spacial score (nSPS) is 17.1. The van der Waals surface area contributed by atoms with Crippen LogP contribution in [0, 0.1) is 0 Å². The number of anilines is 3. The van der Waals surface area contributed by atoms with Crippen LogP contribution in [0.4, 0.5) is 17.5 Å². The molecule has 4 rings (SSSR count). The van der Waals surface area contributed by atoms with Crippen LogP contribution in [-0.4, -0.2) is 85.6 Å². The number of carbonyl (C=O) groups is 1. The van der Waals surface area contributed by atoms with Gasteiger partial charge >= 0.3 is 5.97 Å². The largest absolute Gasteiger partial charge is 0.459 e. The maximum Gasteiger partial charge on any atom is 0.326 e. The fourth-order valence-electron chi connectivity index (χ4n) is 5.14. The molecule has 1 saturated heterocycles. The predicted molar refractivity (Wildman–Crippen MR) is 161 cm³/mol. The second-order valence-electron chi connectivity index (χ2n) is 11.8. The predicted octanol–water partition coefficient (Wildman–Crippen LogP) is 2.69. The molecule has 2 aromatic heterocycles. The highest BCUT2D eigenvalue weighted by Crippen LogP contribution is 2.33. The first-order valence-electron chi connectivity index (χ1n) is 14.4. The summed E-state index contributed by atoms with van der Waals surface area (Å²) >= 11 is 0. The van der Waals surface area contributed by atoms with E-state index in [0.29, 0.717) is 18.2 Å². The van der Waals surface area contributed by atoms with Crippen molar-refractivity contribution in [2.45, 2.75) is 77.4 Å². The second kappa shape index (κ2) is 12.9. The van der Waals surface area contributed by atoms with Crippen LogP contribution in [0.25, 0.3) is 0 Å². The molecule has 0 bridgehead atoms. The van der Waals surface area contributed by atoms with E-state index in [4.69, 9.17) is 9.72 Å². The topological polar surface area (TPSA) is 142 Å². The van der Waals surface area contributed by atoms with E-state index in [-0.39, 0.29) is 6.54 Å². The Balaban J connectivity index is 1.46. The lowest BCUT2D eigenvalue weighted by molar-refractivity contribution is -0.156. The number of nitrogens with zero attached hydrogens (tertiary/aromatic N) is 5. The molecule has 13 heteroatoms. The van der Waals surface area contributed by atoms with Crippen LogP contribution in [-0.2, 0) is 32.6 Å². The smallest absolute Gasteiger partial charge is 0.326 e. The third-order valence-corrected chi connectivity index (χ3v) is 8.89. The maximum atomic E-state index is 12.9. The summed E-state index contributed by atoms with van der Waals surface area (Å²) in [5, 5.41) is 6.63. The number of carbonyl (C=O) groups excluding carboxylic acids is 1. The summed E-state index contributed by atoms with van der Waals surface area (Å²) in [6.07, 6.45) is 6.33. The summed E-state index contributed by atoms with van der Waals surface area (Å²) in [7, 11) is -1.09. The highest BCUT2D eigenvalue weighted by molar-refractivity contribution is 7.87. The molecule has 2 aromatic rings. The Labute approximate surface area is 243 Å². The highest BCUT2D eigenvalue weighted by atomic mass is 32.2. The van der Waals surface area contributed by atoms with Gasteiger partial charge < -0.3 is 20.3 Å². The molecule has 0 amide bonds. The Hall–Kier alpha value is -3.03. The molecule has 0 aliphatic carbocycles. The molecule has 2 aliphatic heterocycles. The summed E-state index contributed by atoms with van der Waals surface area (Å²) in [5.74, 6) is 2.18. The van der Waals surface area contributed by atoms with Gasteiger partial charge in [-0.05, 0) is 64.5 Å². The number of piperidine rings is 1. The summed E-state index contributed by atoms with van der Waals surface area (Å²) < 4.78 is 34.0. The number of aryl methyl sites for hydroxylation is 1. The van der Waals surface area contributed by atoms with Crippen LogP contribution < -0.4 is 20.3 Å². The zero-order valence-corrected chi connectivity index (χ0v) is 25.8. The van der Waals surface area contributed by atoms with Crippen LogP contribution >= 0.6 is 0 Å². The summed E-state index contributed by atoms with van der Waals surface area (Å²) in [4.78, 5) is 29.2. The average Bonchev–Trinajstić information content (AvgIpc) is 2.93. The monoisotopic (exact) mass is 588 g/mol. The van der Waals surface area contributed by atoms with Crippen molar-refractivity contribution in [2.75, 3.05) is 55.8 Å². The minimum absolute atomic E-state index is 0.0362. The first kappa shape index (κ1) is 30.9. The molecule has 4 heterocycles. The Morgan fingerprint density at radius 1 is 1.22 bits per heavy atom. The van der Waals surface area contributed by atoms with Crippen LogP contribution in [0.2, 0.25) is 0 Å². The fourth-order valence-corrected chi connectivity index (χ4v) is 5.89. The number of hydrogen-bond donors (Lipinski definition) is 3.